The van der Waals surface area contributed by atoms with Crippen LogP contribution >= 0.6 is 23.2 Å². The minimum absolute atomic E-state index is 0.105. The minimum atomic E-state index is -0.105. The van der Waals surface area contributed by atoms with E-state index >= 15 is 0 Å². The van der Waals surface area contributed by atoms with E-state index in [4.69, 9.17) is 23.2 Å². The number of hydrogen-bond donors (Lipinski definition) is 2. The first-order chi connectivity index (χ1) is 7.49. The number of rotatable bonds is 4. The predicted molar refractivity (Wildman–Crippen MR) is 68.2 cm³/mol. The van der Waals surface area contributed by atoms with Crippen LogP contribution in [0.3, 0.4) is 0 Å². The lowest BCUT2D eigenvalue weighted by molar-refractivity contribution is -0.115. The molecule has 0 unspecified atom stereocenters. The van der Waals surface area contributed by atoms with Gasteiger partial charge >= 0.3 is 0 Å². The molecule has 0 saturated heterocycles. The van der Waals surface area contributed by atoms with Crippen molar-refractivity contribution in [3.8, 4) is 0 Å². The van der Waals surface area contributed by atoms with E-state index in [9.17, 15) is 4.79 Å². The van der Waals surface area contributed by atoms with Crippen LogP contribution in [0.25, 0.3) is 0 Å². The van der Waals surface area contributed by atoms with Gasteiger partial charge in [-0.1, -0.05) is 37.0 Å². The average molecular weight is 261 g/mol. The first-order valence-electron chi connectivity index (χ1n) is 4.97. The van der Waals surface area contributed by atoms with Crippen molar-refractivity contribution >= 4 is 34.8 Å². The van der Waals surface area contributed by atoms with Gasteiger partial charge in [0.1, 0.15) is 0 Å². The van der Waals surface area contributed by atoms with Crippen molar-refractivity contribution in [2.24, 2.45) is 0 Å². The van der Waals surface area contributed by atoms with Gasteiger partial charge < -0.3 is 10.6 Å². The molecular weight excluding hydrogens is 247 g/mol. The molecule has 0 fully saturated rings. The summed E-state index contributed by atoms with van der Waals surface area (Å²) < 4.78 is 0. The van der Waals surface area contributed by atoms with Crippen LogP contribution in [0.4, 0.5) is 5.69 Å². The molecule has 1 aromatic rings. The van der Waals surface area contributed by atoms with E-state index in [2.05, 4.69) is 10.6 Å². The lowest BCUT2D eigenvalue weighted by Crippen LogP contribution is -2.32. The highest BCUT2D eigenvalue weighted by atomic mass is 35.5. The Morgan fingerprint density at radius 1 is 1.31 bits per heavy atom. The molecule has 1 aromatic carbocycles. The monoisotopic (exact) mass is 260 g/mol. The molecule has 1 amide bonds. The summed E-state index contributed by atoms with van der Waals surface area (Å²) in [5, 5.41) is 6.64. The smallest absolute Gasteiger partial charge is 0.238 e. The molecule has 3 nitrogen and oxygen atoms in total. The summed E-state index contributed by atoms with van der Waals surface area (Å²) in [5.74, 6) is -0.105. The van der Waals surface area contributed by atoms with Gasteiger partial charge in [-0.3, -0.25) is 4.79 Å². The van der Waals surface area contributed by atoms with Gasteiger partial charge in [-0.2, -0.15) is 0 Å². The zero-order valence-corrected chi connectivity index (χ0v) is 10.7. The first-order valence-corrected chi connectivity index (χ1v) is 5.73. The number of hydrogen-bond acceptors (Lipinski definition) is 2. The van der Waals surface area contributed by atoms with Crippen LogP contribution in [0.5, 0.6) is 0 Å². The molecule has 0 aliphatic carbocycles. The Balaban J connectivity index is 2.53. The largest absolute Gasteiger partial charge is 0.325 e. The summed E-state index contributed by atoms with van der Waals surface area (Å²) in [6.45, 7) is 4.23. The Morgan fingerprint density at radius 2 is 2.00 bits per heavy atom. The molecular formula is C11H14Cl2N2O. The van der Waals surface area contributed by atoms with Crippen LogP contribution in [0, 0.1) is 0 Å². The minimum Gasteiger partial charge on any atom is -0.325 e. The maximum Gasteiger partial charge on any atom is 0.238 e. The SMILES string of the molecule is CC(C)NCC(=O)Nc1ccc(Cl)c(Cl)c1. The van der Waals surface area contributed by atoms with Gasteiger partial charge in [-0.25, -0.2) is 0 Å². The summed E-state index contributed by atoms with van der Waals surface area (Å²) in [4.78, 5) is 11.5. The number of carbonyl (C=O) groups is 1. The number of benzene rings is 1. The van der Waals surface area contributed by atoms with Gasteiger partial charge in [0.05, 0.1) is 16.6 Å². The highest BCUT2D eigenvalue weighted by Gasteiger charge is 2.04. The Kier molecular flexibility index (Phi) is 5.06. The third kappa shape index (κ3) is 4.39. The van der Waals surface area contributed by atoms with Gasteiger partial charge in [-0.05, 0) is 18.2 Å². The third-order valence-corrected chi connectivity index (χ3v) is 2.61. The molecule has 5 heteroatoms. The zero-order chi connectivity index (χ0) is 12.1. The molecule has 0 saturated carbocycles. The van der Waals surface area contributed by atoms with E-state index in [0.29, 0.717) is 15.7 Å². The summed E-state index contributed by atoms with van der Waals surface area (Å²) >= 11 is 11.6. The molecule has 1 rings (SSSR count). The first kappa shape index (κ1) is 13.3. The van der Waals surface area contributed by atoms with Gasteiger partial charge in [-0.15, -0.1) is 0 Å². The van der Waals surface area contributed by atoms with Crippen molar-refractivity contribution in [3.63, 3.8) is 0 Å². The molecule has 0 atom stereocenters. The quantitative estimate of drug-likeness (QED) is 0.874. The van der Waals surface area contributed by atoms with Gasteiger partial charge in [0.2, 0.25) is 5.91 Å². The number of nitrogens with one attached hydrogen (secondary N) is 2. The number of carbonyl (C=O) groups excluding carboxylic acids is 1. The summed E-state index contributed by atoms with van der Waals surface area (Å²) in [5.41, 5.74) is 0.643. The second-order valence-electron chi connectivity index (χ2n) is 3.71. The molecule has 2 N–H and O–H groups in total. The summed E-state index contributed by atoms with van der Waals surface area (Å²) in [6, 6.07) is 5.26. The average Bonchev–Trinajstić information content (AvgIpc) is 2.21. The Morgan fingerprint density at radius 3 is 2.56 bits per heavy atom. The van der Waals surface area contributed by atoms with E-state index < -0.39 is 0 Å². The van der Waals surface area contributed by atoms with Crippen LogP contribution in [0.2, 0.25) is 10.0 Å². The van der Waals surface area contributed by atoms with Crippen LogP contribution in [-0.4, -0.2) is 18.5 Å². The molecule has 0 aromatic heterocycles. The predicted octanol–water partition coefficient (Wildman–Crippen LogP) is 2.93. The normalized spacial score (nSPS) is 10.6. The summed E-state index contributed by atoms with van der Waals surface area (Å²) in [6.07, 6.45) is 0. The molecule has 0 aliphatic rings. The van der Waals surface area contributed by atoms with Crippen LogP contribution in [0.1, 0.15) is 13.8 Å². The fourth-order valence-corrected chi connectivity index (χ4v) is 1.37. The van der Waals surface area contributed by atoms with Crippen LogP contribution < -0.4 is 10.6 Å². The second-order valence-corrected chi connectivity index (χ2v) is 4.53. The molecule has 16 heavy (non-hydrogen) atoms. The highest BCUT2D eigenvalue weighted by molar-refractivity contribution is 6.42. The molecule has 0 heterocycles. The highest BCUT2D eigenvalue weighted by Crippen LogP contribution is 2.24. The van der Waals surface area contributed by atoms with E-state index in [1.54, 1.807) is 18.2 Å². The molecule has 88 valence electrons. The number of anilines is 1. The van der Waals surface area contributed by atoms with Crippen molar-refractivity contribution in [2.75, 3.05) is 11.9 Å². The topological polar surface area (TPSA) is 41.1 Å². The van der Waals surface area contributed by atoms with Gasteiger partial charge in [0, 0.05) is 11.7 Å². The Labute approximate surface area is 105 Å². The van der Waals surface area contributed by atoms with Crippen molar-refractivity contribution in [3.05, 3.63) is 28.2 Å². The van der Waals surface area contributed by atoms with Crippen molar-refractivity contribution < 1.29 is 4.79 Å². The Hall–Kier alpha value is -0.770. The van der Waals surface area contributed by atoms with E-state index in [1.807, 2.05) is 13.8 Å². The van der Waals surface area contributed by atoms with E-state index in [1.165, 1.54) is 0 Å². The number of halogens is 2. The fraction of sp³-hybridized carbons (Fsp3) is 0.364. The van der Waals surface area contributed by atoms with E-state index in [0.717, 1.165) is 0 Å². The fourth-order valence-electron chi connectivity index (χ4n) is 1.08. The summed E-state index contributed by atoms with van der Waals surface area (Å²) in [7, 11) is 0. The Bertz CT molecular complexity index is 380. The second kappa shape index (κ2) is 6.09. The molecule has 0 bridgehead atoms. The van der Waals surface area contributed by atoms with Gasteiger partial charge in [0.25, 0.3) is 0 Å². The van der Waals surface area contributed by atoms with Crippen molar-refractivity contribution in [1.82, 2.24) is 5.32 Å². The molecule has 0 radical (unpaired) electrons. The third-order valence-electron chi connectivity index (χ3n) is 1.87. The van der Waals surface area contributed by atoms with Crippen LogP contribution in [-0.2, 0) is 4.79 Å². The van der Waals surface area contributed by atoms with Crippen molar-refractivity contribution in [2.45, 2.75) is 19.9 Å². The van der Waals surface area contributed by atoms with Crippen LogP contribution in [0.15, 0.2) is 18.2 Å². The van der Waals surface area contributed by atoms with Gasteiger partial charge in [0.15, 0.2) is 0 Å². The molecule has 0 aliphatic heterocycles. The zero-order valence-electron chi connectivity index (χ0n) is 9.18. The maximum absolute atomic E-state index is 11.5. The lowest BCUT2D eigenvalue weighted by Gasteiger charge is -2.09. The lowest BCUT2D eigenvalue weighted by atomic mass is 10.3. The molecule has 0 spiro atoms. The number of amides is 1. The van der Waals surface area contributed by atoms with E-state index in [-0.39, 0.29) is 18.5 Å². The maximum atomic E-state index is 11.5. The van der Waals surface area contributed by atoms with Crippen molar-refractivity contribution in [1.29, 1.82) is 0 Å². The standard InChI is InChI=1S/C11H14Cl2N2O/c1-7(2)14-6-11(16)15-8-3-4-9(12)10(13)5-8/h3-5,7,14H,6H2,1-2H3,(H,15,16).